The second kappa shape index (κ2) is 4.31. The van der Waals surface area contributed by atoms with Crippen LogP contribution in [0.1, 0.15) is 39.9 Å². The first-order valence-electron chi connectivity index (χ1n) is 6.71. The predicted octanol–water partition coefficient (Wildman–Crippen LogP) is 1.94. The third-order valence-electron chi connectivity index (χ3n) is 3.82. The number of carbonyl (C=O) groups is 1. The number of anilines is 1. The highest BCUT2D eigenvalue weighted by Gasteiger charge is 2.33. The quantitative estimate of drug-likeness (QED) is 0.935. The molecule has 0 saturated heterocycles. The van der Waals surface area contributed by atoms with Crippen molar-refractivity contribution in [2.24, 2.45) is 0 Å². The highest BCUT2D eigenvalue weighted by atomic mass is 32.1. The smallest absolute Gasteiger partial charge is 0.347 e. The van der Waals surface area contributed by atoms with Gasteiger partial charge < -0.3 is 14.6 Å². The molecule has 1 fully saturated rings. The fraction of sp³-hybridized carbons (Fsp3) is 0.462. The van der Waals surface area contributed by atoms with Crippen LogP contribution in [0.2, 0.25) is 0 Å². The molecule has 2 aliphatic rings. The van der Waals surface area contributed by atoms with E-state index in [1.807, 2.05) is 6.20 Å². The molecular weight excluding hydrogens is 276 g/mol. The molecule has 104 valence electrons. The lowest BCUT2D eigenvalue weighted by molar-refractivity contribution is 0.0700. The second-order valence-electron chi connectivity index (χ2n) is 5.25. The van der Waals surface area contributed by atoms with Gasteiger partial charge in [-0.2, -0.15) is 0 Å². The first kappa shape index (κ1) is 11.9. The summed E-state index contributed by atoms with van der Waals surface area (Å²) in [6, 6.07) is 0. The van der Waals surface area contributed by atoms with E-state index in [1.165, 1.54) is 11.3 Å². The lowest BCUT2D eigenvalue weighted by Gasteiger charge is -2.27. The van der Waals surface area contributed by atoms with Crippen LogP contribution in [0.25, 0.3) is 0 Å². The van der Waals surface area contributed by atoms with Gasteiger partial charge in [0, 0.05) is 31.4 Å². The van der Waals surface area contributed by atoms with E-state index in [0.717, 1.165) is 42.6 Å². The Bertz CT molecular complexity index is 674. The molecule has 1 aliphatic heterocycles. The zero-order chi connectivity index (χ0) is 13.7. The van der Waals surface area contributed by atoms with Crippen LogP contribution in [0.4, 0.5) is 5.13 Å². The normalized spacial score (nSPS) is 18.1. The highest BCUT2D eigenvalue weighted by molar-refractivity contribution is 7.17. The number of carboxylic acids is 1. The largest absolute Gasteiger partial charge is 0.477 e. The van der Waals surface area contributed by atoms with E-state index >= 15 is 0 Å². The predicted molar refractivity (Wildman–Crippen MR) is 74.3 cm³/mol. The molecule has 0 atom stereocenters. The minimum atomic E-state index is -0.853. The summed E-state index contributed by atoms with van der Waals surface area (Å²) in [4.78, 5) is 22.8. The molecule has 0 spiro atoms. The van der Waals surface area contributed by atoms with Gasteiger partial charge in [-0.25, -0.2) is 14.8 Å². The van der Waals surface area contributed by atoms with Crippen LogP contribution in [-0.4, -0.2) is 32.2 Å². The van der Waals surface area contributed by atoms with Crippen molar-refractivity contribution in [2.75, 3.05) is 11.4 Å². The van der Waals surface area contributed by atoms with Crippen LogP contribution in [0.15, 0.2) is 12.4 Å². The number of hydrogen-bond donors (Lipinski definition) is 1. The molecule has 0 amide bonds. The maximum Gasteiger partial charge on any atom is 0.347 e. The van der Waals surface area contributed by atoms with Gasteiger partial charge in [-0.1, -0.05) is 11.3 Å². The molecule has 0 radical (unpaired) electrons. The van der Waals surface area contributed by atoms with Gasteiger partial charge in [-0.3, -0.25) is 0 Å². The molecule has 1 saturated carbocycles. The van der Waals surface area contributed by atoms with E-state index in [1.54, 1.807) is 6.20 Å². The standard InChI is InChI=1S/C13H14N4O2S/c18-12(19)11-10(8-1-2-8)15-13(20-11)17-6-5-16-4-3-14-9(16)7-17/h3-4,8H,1-2,5-7H2,(H,18,19). The molecule has 0 aromatic carbocycles. The van der Waals surface area contributed by atoms with E-state index in [4.69, 9.17) is 0 Å². The van der Waals surface area contributed by atoms with Gasteiger partial charge in [0.25, 0.3) is 0 Å². The monoisotopic (exact) mass is 290 g/mol. The van der Waals surface area contributed by atoms with Crippen molar-refractivity contribution >= 4 is 22.4 Å². The van der Waals surface area contributed by atoms with Gasteiger partial charge in [0.05, 0.1) is 12.2 Å². The summed E-state index contributed by atoms with van der Waals surface area (Å²) in [5.74, 6) is 0.517. The molecule has 0 bridgehead atoms. The maximum atomic E-state index is 11.3. The molecule has 6 nitrogen and oxygen atoms in total. The number of fused-ring (bicyclic) bond motifs is 1. The summed E-state index contributed by atoms with van der Waals surface area (Å²) in [5.41, 5.74) is 0.784. The molecule has 0 unspecified atom stereocenters. The molecule has 2 aromatic heterocycles. The third-order valence-corrected chi connectivity index (χ3v) is 4.94. The number of carboxylic acid groups (broad SMARTS) is 1. The van der Waals surface area contributed by atoms with Crippen LogP contribution >= 0.6 is 11.3 Å². The number of hydrogen-bond acceptors (Lipinski definition) is 5. The van der Waals surface area contributed by atoms with Gasteiger partial charge in [0.2, 0.25) is 0 Å². The minimum Gasteiger partial charge on any atom is -0.477 e. The third kappa shape index (κ3) is 1.89. The van der Waals surface area contributed by atoms with Gasteiger partial charge >= 0.3 is 5.97 Å². The molecule has 4 rings (SSSR count). The van der Waals surface area contributed by atoms with Crippen molar-refractivity contribution in [3.63, 3.8) is 0 Å². The molecule has 7 heteroatoms. The number of imidazole rings is 1. The lowest BCUT2D eigenvalue weighted by atomic mass is 10.2. The number of aromatic nitrogens is 3. The SMILES string of the molecule is O=C(O)c1sc(N2CCn3ccnc3C2)nc1C1CC1. The Kier molecular flexibility index (Phi) is 2.56. The number of nitrogens with zero attached hydrogens (tertiary/aromatic N) is 4. The van der Waals surface area contributed by atoms with Crippen LogP contribution < -0.4 is 4.90 Å². The van der Waals surface area contributed by atoms with Crippen LogP contribution in [0, 0.1) is 0 Å². The Hall–Kier alpha value is -1.89. The zero-order valence-electron chi connectivity index (χ0n) is 10.8. The van der Waals surface area contributed by atoms with E-state index in [9.17, 15) is 9.90 Å². The number of thiazole rings is 1. The summed E-state index contributed by atoms with van der Waals surface area (Å²) in [6.07, 6.45) is 5.91. The molecular formula is C13H14N4O2S. The van der Waals surface area contributed by atoms with Crippen molar-refractivity contribution in [1.29, 1.82) is 0 Å². The fourth-order valence-corrected chi connectivity index (χ4v) is 3.59. The topological polar surface area (TPSA) is 71.2 Å². The van der Waals surface area contributed by atoms with Crippen LogP contribution in [0.3, 0.4) is 0 Å². The Labute approximate surface area is 119 Å². The summed E-state index contributed by atoms with van der Waals surface area (Å²) in [5, 5.41) is 10.1. The Morgan fingerprint density at radius 3 is 3.00 bits per heavy atom. The minimum absolute atomic E-state index is 0.359. The van der Waals surface area contributed by atoms with E-state index in [0.29, 0.717) is 17.3 Å². The van der Waals surface area contributed by atoms with Crippen molar-refractivity contribution in [3.05, 3.63) is 28.8 Å². The Morgan fingerprint density at radius 2 is 2.25 bits per heavy atom. The highest BCUT2D eigenvalue weighted by Crippen LogP contribution is 2.44. The molecule has 2 aromatic rings. The van der Waals surface area contributed by atoms with Crippen molar-refractivity contribution in [1.82, 2.24) is 14.5 Å². The second-order valence-corrected chi connectivity index (χ2v) is 6.23. The summed E-state index contributed by atoms with van der Waals surface area (Å²) >= 11 is 1.30. The first-order chi connectivity index (χ1) is 9.72. The molecule has 1 aliphatic carbocycles. The van der Waals surface area contributed by atoms with Crippen LogP contribution in [0.5, 0.6) is 0 Å². The van der Waals surface area contributed by atoms with Gasteiger partial charge in [-0.05, 0) is 12.8 Å². The van der Waals surface area contributed by atoms with Crippen LogP contribution in [-0.2, 0) is 13.1 Å². The summed E-state index contributed by atoms with van der Waals surface area (Å²) in [7, 11) is 0. The van der Waals surface area contributed by atoms with Crippen molar-refractivity contribution < 1.29 is 9.90 Å². The Balaban J connectivity index is 1.66. The molecule has 3 heterocycles. The van der Waals surface area contributed by atoms with Crippen molar-refractivity contribution in [2.45, 2.75) is 31.8 Å². The van der Waals surface area contributed by atoms with Gasteiger partial charge in [-0.15, -0.1) is 0 Å². The molecule has 20 heavy (non-hydrogen) atoms. The average Bonchev–Trinajstić information content (AvgIpc) is 3.02. The van der Waals surface area contributed by atoms with E-state index in [2.05, 4.69) is 19.4 Å². The van der Waals surface area contributed by atoms with Crippen molar-refractivity contribution in [3.8, 4) is 0 Å². The van der Waals surface area contributed by atoms with Gasteiger partial charge in [0.15, 0.2) is 5.13 Å². The average molecular weight is 290 g/mol. The number of rotatable bonds is 3. The number of aromatic carboxylic acids is 1. The summed E-state index contributed by atoms with van der Waals surface area (Å²) < 4.78 is 2.13. The first-order valence-corrected chi connectivity index (χ1v) is 7.53. The fourth-order valence-electron chi connectivity index (χ4n) is 2.58. The molecule has 1 N–H and O–H groups in total. The van der Waals surface area contributed by atoms with Gasteiger partial charge in [0.1, 0.15) is 10.7 Å². The van der Waals surface area contributed by atoms with E-state index in [-0.39, 0.29) is 0 Å². The lowest BCUT2D eigenvalue weighted by Crippen LogP contribution is -2.33. The zero-order valence-corrected chi connectivity index (χ0v) is 11.6. The maximum absolute atomic E-state index is 11.3. The summed E-state index contributed by atoms with van der Waals surface area (Å²) in [6.45, 7) is 2.42. The van der Waals surface area contributed by atoms with E-state index < -0.39 is 5.97 Å². The Morgan fingerprint density at radius 1 is 1.40 bits per heavy atom.